The van der Waals surface area contributed by atoms with Gasteiger partial charge < -0.3 is 16.4 Å². The molecule has 0 atom stereocenters. The van der Waals surface area contributed by atoms with E-state index in [1.807, 2.05) is 0 Å². The third-order valence-corrected chi connectivity index (χ3v) is 4.83. The highest BCUT2D eigenvalue weighted by atomic mass is 79.9. The lowest BCUT2D eigenvalue weighted by molar-refractivity contribution is 0.0937. The number of rotatable bonds is 5. The zero-order valence-corrected chi connectivity index (χ0v) is 17.4. The quantitative estimate of drug-likeness (QED) is 0.524. The maximum Gasteiger partial charge on any atom is 0.272 e. The van der Waals surface area contributed by atoms with Crippen LogP contribution in [0, 0.1) is 0 Å². The van der Waals surface area contributed by atoms with E-state index in [2.05, 4.69) is 31.5 Å². The number of aromatic nitrogens is 2. The summed E-state index contributed by atoms with van der Waals surface area (Å²) in [5, 5.41) is 5.48. The van der Waals surface area contributed by atoms with Gasteiger partial charge in [0.15, 0.2) is 5.69 Å². The summed E-state index contributed by atoms with van der Waals surface area (Å²) in [4.78, 5) is 40.1. The van der Waals surface area contributed by atoms with Gasteiger partial charge in [0.2, 0.25) is 0 Å². The number of anilines is 1. The second kappa shape index (κ2) is 8.46. The number of imidazole rings is 1. The van der Waals surface area contributed by atoms with E-state index in [9.17, 15) is 14.4 Å². The fourth-order valence-electron chi connectivity index (χ4n) is 2.64. The molecule has 0 aliphatic carbocycles. The highest BCUT2D eigenvalue weighted by Gasteiger charge is 2.22. The number of hydrogen-bond donors (Lipinski definition) is 3. The van der Waals surface area contributed by atoms with E-state index in [1.165, 1.54) is 17.9 Å². The summed E-state index contributed by atoms with van der Waals surface area (Å²) < 4.78 is 2.18. The van der Waals surface area contributed by atoms with Crippen molar-refractivity contribution in [3.8, 4) is 5.69 Å². The van der Waals surface area contributed by atoms with Crippen LogP contribution in [0.3, 0.4) is 0 Å². The Morgan fingerprint density at radius 2 is 1.79 bits per heavy atom. The third kappa shape index (κ3) is 4.30. The summed E-state index contributed by atoms with van der Waals surface area (Å²) in [6.07, 6.45) is 1.33. The Morgan fingerprint density at radius 3 is 2.38 bits per heavy atom. The lowest BCUT2D eigenvalue weighted by Gasteiger charge is -2.10. The molecule has 148 valence electrons. The van der Waals surface area contributed by atoms with Crippen LogP contribution in [0.25, 0.3) is 5.69 Å². The van der Waals surface area contributed by atoms with E-state index in [1.54, 1.807) is 42.5 Å². The second-order valence-electron chi connectivity index (χ2n) is 5.88. The molecule has 8 nitrogen and oxygen atoms in total. The van der Waals surface area contributed by atoms with E-state index >= 15 is 0 Å². The summed E-state index contributed by atoms with van der Waals surface area (Å²) >= 11 is 9.40. The first-order valence-corrected chi connectivity index (χ1v) is 9.45. The summed E-state index contributed by atoms with van der Waals surface area (Å²) in [6, 6.07) is 11.6. The van der Waals surface area contributed by atoms with Gasteiger partial charge in [-0.15, -0.1) is 0 Å². The molecule has 4 N–H and O–H groups in total. The van der Waals surface area contributed by atoms with Crippen molar-refractivity contribution >= 4 is 50.9 Å². The molecule has 1 heterocycles. The molecule has 0 saturated heterocycles. The molecule has 10 heteroatoms. The number of nitrogens with one attached hydrogen (secondary N) is 2. The van der Waals surface area contributed by atoms with Crippen molar-refractivity contribution in [2.45, 2.75) is 0 Å². The molecule has 0 saturated carbocycles. The highest BCUT2D eigenvalue weighted by molar-refractivity contribution is 9.10. The standard InChI is InChI=1S/C19H15BrClN5O3/c1-23-19(29)15-16(17(22)27)26(9-24-15)12-5-3-11(4-6-12)25-18(28)13-7-2-10(20)8-14(13)21/h2-9H,1H3,(H2,22,27)(H,23,29)(H,25,28). The number of carbonyl (C=O) groups excluding carboxylic acids is 3. The van der Waals surface area contributed by atoms with E-state index in [0.717, 1.165) is 4.47 Å². The normalized spacial score (nSPS) is 10.4. The second-order valence-corrected chi connectivity index (χ2v) is 7.20. The van der Waals surface area contributed by atoms with Crippen LogP contribution < -0.4 is 16.4 Å². The first-order chi connectivity index (χ1) is 13.8. The van der Waals surface area contributed by atoms with E-state index in [4.69, 9.17) is 17.3 Å². The molecule has 3 amide bonds. The van der Waals surface area contributed by atoms with E-state index in [0.29, 0.717) is 22.0 Å². The van der Waals surface area contributed by atoms with Crippen LogP contribution in [0.4, 0.5) is 5.69 Å². The summed E-state index contributed by atoms with van der Waals surface area (Å²) in [5.41, 5.74) is 6.71. The fourth-order valence-corrected chi connectivity index (χ4v) is 3.40. The summed E-state index contributed by atoms with van der Waals surface area (Å²) in [7, 11) is 1.43. The van der Waals surface area contributed by atoms with Crippen LogP contribution in [0.1, 0.15) is 31.3 Å². The maximum atomic E-state index is 12.4. The van der Waals surface area contributed by atoms with Crippen LogP contribution in [0.2, 0.25) is 5.02 Å². The molecule has 0 radical (unpaired) electrons. The van der Waals surface area contributed by atoms with Crippen molar-refractivity contribution in [1.82, 2.24) is 14.9 Å². The number of hydrogen-bond acceptors (Lipinski definition) is 4. The molecular formula is C19H15BrClN5O3. The number of halogens is 2. The van der Waals surface area contributed by atoms with Gasteiger partial charge in [-0.1, -0.05) is 27.5 Å². The van der Waals surface area contributed by atoms with Crippen LogP contribution in [0.5, 0.6) is 0 Å². The van der Waals surface area contributed by atoms with Crippen LogP contribution >= 0.6 is 27.5 Å². The number of carbonyl (C=O) groups is 3. The number of primary amides is 1. The average molecular weight is 477 g/mol. The molecule has 0 aliphatic rings. The number of nitrogens with zero attached hydrogens (tertiary/aromatic N) is 2. The first-order valence-electron chi connectivity index (χ1n) is 8.28. The minimum absolute atomic E-state index is 0.0391. The van der Waals surface area contributed by atoms with Gasteiger partial charge in [0, 0.05) is 22.9 Å². The largest absolute Gasteiger partial charge is 0.364 e. The van der Waals surface area contributed by atoms with Gasteiger partial charge in [-0.2, -0.15) is 0 Å². The zero-order valence-electron chi connectivity index (χ0n) is 15.1. The van der Waals surface area contributed by atoms with Gasteiger partial charge in [-0.25, -0.2) is 4.98 Å². The molecule has 29 heavy (non-hydrogen) atoms. The lowest BCUT2D eigenvalue weighted by atomic mass is 10.2. The van der Waals surface area contributed by atoms with Gasteiger partial charge in [0.05, 0.1) is 10.6 Å². The highest BCUT2D eigenvalue weighted by Crippen LogP contribution is 2.23. The first kappa shape index (κ1) is 20.6. The Balaban J connectivity index is 1.86. The summed E-state index contributed by atoms with van der Waals surface area (Å²) in [6.45, 7) is 0. The van der Waals surface area contributed by atoms with Gasteiger partial charge in [-0.3, -0.25) is 19.0 Å². The minimum Gasteiger partial charge on any atom is -0.364 e. The Kier molecular flexibility index (Phi) is 6.00. The average Bonchev–Trinajstić information content (AvgIpc) is 3.13. The van der Waals surface area contributed by atoms with Crippen LogP contribution in [-0.2, 0) is 0 Å². The molecule has 0 spiro atoms. The molecule has 3 rings (SSSR count). The van der Waals surface area contributed by atoms with Crippen LogP contribution in [0.15, 0.2) is 53.3 Å². The Hall–Kier alpha value is -3.17. The van der Waals surface area contributed by atoms with E-state index in [-0.39, 0.29) is 17.3 Å². The molecule has 2 aromatic carbocycles. The monoisotopic (exact) mass is 475 g/mol. The number of benzene rings is 2. The van der Waals surface area contributed by atoms with Crippen molar-refractivity contribution in [3.63, 3.8) is 0 Å². The molecular weight excluding hydrogens is 462 g/mol. The molecule has 0 aliphatic heterocycles. The van der Waals surface area contributed by atoms with Crippen molar-refractivity contribution in [2.24, 2.45) is 5.73 Å². The van der Waals surface area contributed by atoms with Crippen molar-refractivity contribution in [3.05, 3.63) is 75.2 Å². The number of nitrogens with two attached hydrogens (primary N) is 1. The topological polar surface area (TPSA) is 119 Å². The lowest BCUT2D eigenvalue weighted by Crippen LogP contribution is -2.25. The van der Waals surface area contributed by atoms with Gasteiger partial charge in [-0.05, 0) is 42.5 Å². The smallest absolute Gasteiger partial charge is 0.272 e. The molecule has 0 bridgehead atoms. The minimum atomic E-state index is -0.789. The zero-order chi connectivity index (χ0) is 21.1. The Morgan fingerprint density at radius 1 is 1.10 bits per heavy atom. The van der Waals surface area contributed by atoms with Crippen molar-refractivity contribution in [1.29, 1.82) is 0 Å². The SMILES string of the molecule is CNC(=O)c1ncn(-c2ccc(NC(=O)c3ccc(Br)cc3Cl)cc2)c1C(N)=O. The van der Waals surface area contributed by atoms with Gasteiger partial charge >= 0.3 is 0 Å². The molecule has 1 aromatic heterocycles. The number of amides is 3. The van der Waals surface area contributed by atoms with Crippen molar-refractivity contribution < 1.29 is 14.4 Å². The van der Waals surface area contributed by atoms with Gasteiger partial charge in [0.1, 0.15) is 12.0 Å². The molecule has 0 fully saturated rings. The summed E-state index contributed by atoms with van der Waals surface area (Å²) in [5.74, 6) is -1.67. The van der Waals surface area contributed by atoms with Crippen molar-refractivity contribution in [2.75, 3.05) is 12.4 Å². The fraction of sp³-hybridized carbons (Fsp3) is 0.0526. The third-order valence-electron chi connectivity index (χ3n) is 4.02. The molecule has 3 aromatic rings. The molecule has 0 unspecified atom stereocenters. The predicted molar refractivity (Wildman–Crippen MR) is 113 cm³/mol. The van der Waals surface area contributed by atoms with E-state index < -0.39 is 11.8 Å². The maximum absolute atomic E-state index is 12.4. The Labute approximate surface area is 179 Å². The predicted octanol–water partition coefficient (Wildman–Crippen LogP) is 3.00. The van der Waals surface area contributed by atoms with Gasteiger partial charge in [0.25, 0.3) is 17.7 Å². The Bertz CT molecular complexity index is 1110. The van der Waals surface area contributed by atoms with Crippen LogP contribution in [-0.4, -0.2) is 34.3 Å².